The van der Waals surface area contributed by atoms with Crippen LogP contribution in [0.3, 0.4) is 0 Å². The average Bonchev–Trinajstić information content (AvgIpc) is 2.73. The summed E-state index contributed by atoms with van der Waals surface area (Å²) in [5, 5.41) is 27.4. The minimum absolute atomic E-state index is 0.00383. The van der Waals surface area contributed by atoms with E-state index in [4.69, 9.17) is 14.9 Å². The smallest absolute Gasteiger partial charge is 0.394 e. The summed E-state index contributed by atoms with van der Waals surface area (Å²) in [6.07, 6.45) is 15.4. The summed E-state index contributed by atoms with van der Waals surface area (Å²) in [7, 11) is -4.38. The van der Waals surface area contributed by atoms with Crippen LogP contribution in [0.25, 0.3) is 0 Å². The van der Waals surface area contributed by atoms with E-state index < -0.39 is 39.9 Å². The third-order valence-corrected chi connectivity index (χ3v) is 5.38. The number of allylic oxidation sites excluding steroid dienone is 2. The maximum absolute atomic E-state index is 11.5. The molecule has 9 heteroatoms. The van der Waals surface area contributed by atoms with E-state index in [1.807, 2.05) is 0 Å². The number of ether oxygens (including phenoxy) is 1. The average molecular weight is 455 g/mol. The highest BCUT2D eigenvalue weighted by molar-refractivity contribution is 7.47. The van der Waals surface area contributed by atoms with Crippen LogP contribution < -0.4 is 0 Å². The van der Waals surface area contributed by atoms with Crippen molar-refractivity contribution >= 4 is 7.82 Å². The molecule has 0 rings (SSSR count). The summed E-state index contributed by atoms with van der Waals surface area (Å²) in [6, 6.07) is 0. The molecule has 0 heterocycles. The lowest BCUT2D eigenvalue weighted by Crippen LogP contribution is -2.23. The minimum Gasteiger partial charge on any atom is -0.394 e. The standard InChI is InChI=1S/C21H43O8P/c1-2-3-4-5-6-7-8-9-10-11-12-13-14-15-27-17-21(24)19-29-30(25,26)28-18-20(23)16-22/h6-7,20-24H,2-5,8-19H2,1H3,(H,25,26)/b7-6-. The number of hydrogen-bond donors (Lipinski definition) is 4. The summed E-state index contributed by atoms with van der Waals surface area (Å²) >= 11 is 0. The molecule has 0 spiro atoms. The van der Waals surface area contributed by atoms with Gasteiger partial charge in [0.1, 0.15) is 12.2 Å². The second-order valence-corrected chi connectivity index (χ2v) is 8.96. The summed E-state index contributed by atoms with van der Waals surface area (Å²) in [4.78, 5) is 9.37. The van der Waals surface area contributed by atoms with Crippen LogP contribution in [0.4, 0.5) is 0 Å². The molecule has 4 N–H and O–H groups in total. The number of phosphoric ester groups is 1. The van der Waals surface area contributed by atoms with Crippen molar-refractivity contribution in [3.63, 3.8) is 0 Å². The van der Waals surface area contributed by atoms with Gasteiger partial charge in [-0.15, -0.1) is 0 Å². The quantitative estimate of drug-likeness (QED) is 0.111. The van der Waals surface area contributed by atoms with Crippen LogP contribution in [-0.4, -0.2) is 65.5 Å². The SMILES string of the molecule is CCCCC/C=C\CCCCCCCCOCC(O)COP(=O)(O)OCC(O)CO. The molecule has 30 heavy (non-hydrogen) atoms. The predicted octanol–water partition coefficient (Wildman–Crippen LogP) is 3.72. The molecular weight excluding hydrogens is 411 g/mol. The minimum atomic E-state index is -4.38. The van der Waals surface area contributed by atoms with Crippen molar-refractivity contribution in [1.82, 2.24) is 0 Å². The highest BCUT2D eigenvalue weighted by atomic mass is 31.2. The van der Waals surface area contributed by atoms with E-state index >= 15 is 0 Å². The summed E-state index contributed by atoms with van der Waals surface area (Å²) in [5.41, 5.74) is 0. The maximum Gasteiger partial charge on any atom is 0.472 e. The Bertz CT molecular complexity index is 447. The molecule has 0 radical (unpaired) electrons. The first-order valence-electron chi connectivity index (χ1n) is 11.2. The second kappa shape index (κ2) is 20.6. The molecule has 8 nitrogen and oxygen atoms in total. The molecule has 0 aromatic heterocycles. The van der Waals surface area contributed by atoms with E-state index in [2.05, 4.69) is 28.1 Å². The number of rotatable bonds is 22. The molecule has 0 aliphatic heterocycles. The summed E-state index contributed by atoms with van der Waals surface area (Å²) in [5.74, 6) is 0. The lowest BCUT2D eigenvalue weighted by molar-refractivity contribution is -0.00437. The largest absolute Gasteiger partial charge is 0.472 e. The molecule has 0 saturated heterocycles. The fourth-order valence-corrected chi connectivity index (χ4v) is 3.43. The van der Waals surface area contributed by atoms with E-state index in [1.165, 1.54) is 57.8 Å². The van der Waals surface area contributed by atoms with Crippen LogP contribution in [0.2, 0.25) is 0 Å². The van der Waals surface area contributed by atoms with Gasteiger partial charge in [-0.2, -0.15) is 0 Å². The van der Waals surface area contributed by atoms with Crippen LogP contribution in [0.5, 0.6) is 0 Å². The van der Waals surface area contributed by atoms with Gasteiger partial charge in [0.2, 0.25) is 0 Å². The Labute approximate surface area is 181 Å². The van der Waals surface area contributed by atoms with Crippen molar-refractivity contribution in [3.05, 3.63) is 12.2 Å². The topological polar surface area (TPSA) is 126 Å². The Morgan fingerprint density at radius 3 is 1.93 bits per heavy atom. The van der Waals surface area contributed by atoms with Gasteiger partial charge < -0.3 is 24.9 Å². The van der Waals surface area contributed by atoms with Crippen LogP contribution in [0.1, 0.15) is 77.6 Å². The summed E-state index contributed by atoms with van der Waals surface area (Å²) in [6.45, 7) is 1.20. The van der Waals surface area contributed by atoms with E-state index in [9.17, 15) is 14.6 Å². The van der Waals surface area contributed by atoms with Gasteiger partial charge in [-0.1, -0.05) is 57.6 Å². The lowest BCUT2D eigenvalue weighted by atomic mass is 10.1. The Morgan fingerprint density at radius 1 is 0.800 bits per heavy atom. The van der Waals surface area contributed by atoms with Crippen molar-refractivity contribution in [2.24, 2.45) is 0 Å². The molecule has 0 saturated carbocycles. The molecule has 0 amide bonds. The monoisotopic (exact) mass is 454 g/mol. The molecule has 0 bridgehead atoms. The Balaban J connectivity index is 3.44. The van der Waals surface area contributed by atoms with Gasteiger partial charge in [0.05, 0.1) is 26.4 Å². The number of aliphatic hydroxyl groups excluding tert-OH is 3. The number of phosphoric acid groups is 1. The highest BCUT2D eigenvalue weighted by Crippen LogP contribution is 2.43. The zero-order chi connectivity index (χ0) is 22.5. The van der Waals surface area contributed by atoms with Crippen molar-refractivity contribution in [2.75, 3.05) is 33.0 Å². The van der Waals surface area contributed by atoms with E-state index in [-0.39, 0.29) is 6.61 Å². The van der Waals surface area contributed by atoms with Crippen molar-refractivity contribution in [2.45, 2.75) is 89.8 Å². The van der Waals surface area contributed by atoms with Crippen LogP contribution in [0, 0.1) is 0 Å². The van der Waals surface area contributed by atoms with Crippen LogP contribution >= 0.6 is 7.82 Å². The third kappa shape index (κ3) is 20.9. The Kier molecular flexibility index (Phi) is 20.4. The first-order valence-corrected chi connectivity index (χ1v) is 12.7. The molecule has 3 atom stereocenters. The summed E-state index contributed by atoms with van der Waals surface area (Å²) < 4.78 is 26.0. The Hall–Kier alpha value is -0.310. The van der Waals surface area contributed by atoms with Gasteiger partial charge >= 0.3 is 7.82 Å². The highest BCUT2D eigenvalue weighted by Gasteiger charge is 2.24. The molecule has 0 aliphatic carbocycles. The van der Waals surface area contributed by atoms with Gasteiger partial charge in [0.15, 0.2) is 0 Å². The molecule has 3 unspecified atom stereocenters. The zero-order valence-electron chi connectivity index (χ0n) is 18.5. The molecule has 0 fully saturated rings. The van der Waals surface area contributed by atoms with Crippen LogP contribution in [-0.2, 0) is 18.3 Å². The number of hydrogen-bond acceptors (Lipinski definition) is 7. The molecular formula is C21H43O8P. The first kappa shape index (κ1) is 29.7. The van der Waals surface area contributed by atoms with Gasteiger partial charge in [-0.3, -0.25) is 9.05 Å². The fourth-order valence-electron chi connectivity index (χ4n) is 2.64. The van der Waals surface area contributed by atoms with Crippen molar-refractivity contribution in [1.29, 1.82) is 0 Å². The van der Waals surface area contributed by atoms with Crippen molar-refractivity contribution < 1.29 is 38.6 Å². The maximum atomic E-state index is 11.5. The second-order valence-electron chi connectivity index (χ2n) is 7.50. The van der Waals surface area contributed by atoms with Gasteiger partial charge in [-0.05, 0) is 32.1 Å². The molecule has 0 aromatic rings. The fraction of sp³-hybridized carbons (Fsp3) is 0.905. The van der Waals surface area contributed by atoms with Gasteiger partial charge in [-0.25, -0.2) is 4.57 Å². The number of unbranched alkanes of at least 4 members (excludes halogenated alkanes) is 9. The molecule has 0 aromatic carbocycles. The zero-order valence-corrected chi connectivity index (χ0v) is 19.4. The van der Waals surface area contributed by atoms with Gasteiger partial charge in [0, 0.05) is 6.61 Å². The van der Waals surface area contributed by atoms with Crippen LogP contribution in [0.15, 0.2) is 12.2 Å². The number of aliphatic hydroxyl groups is 3. The normalized spacial score (nSPS) is 16.0. The van der Waals surface area contributed by atoms with Crippen molar-refractivity contribution in [3.8, 4) is 0 Å². The molecule has 180 valence electrons. The predicted molar refractivity (Wildman–Crippen MR) is 117 cm³/mol. The van der Waals surface area contributed by atoms with E-state index in [1.54, 1.807) is 0 Å². The Morgan fingerprint density at radius 2 is 1.33 bits per heavy atom. The third-order valence-electron chi connectivity index (χ3n) is 4.43. The van der Waals surface area contributed by atoms with E-state index in [0.717, 1.165) is 12.8 Å². The lowest BCUT2D eigenvalue weighted by Gasteiger charge is -2.16. The first-order chi connectivity index (χ1) is 14.4. The molecule has 0 aliphatic rings. The van der Waals surface area contributed by atoms with Gasteiger partial charge in [0.25, 0.3) is 0 Å². The van der Waals surface area contributed by atoms with E-state index in [0.29, 0.717) is 6.61 Å².